The van der Waals surface area contributed by atoms with E-state index in [1.807, 2.05) is 11.8 Å². The van der Waals surface area contributed by atoms with E-state index in [-0.39, 0.29) is 18.2 Å². The minimum Gasteiger partial charge on any atom is -0.377 e. The highest BCUT2D eigenvalue weighted by Crippen LogP contribution is 2.32. The molecular weight excluding hydrogens is 475 g/mol. The monoisotopic (exact) mass is 499 g/mol. The number of alkyl halides is 3. The minimum absolute atomic E-state index is 0.0191. The van der Waals surface area contributed by atoms with Crippen LogP contribution in [0.1, 0.15) is 18.1 Å². The van der Waals surface area contributed by atoms with Crippen LogP contribution in [0.25, 0.3) is 11.0 Å². The summed E-state index contributed by atoms with van der Waals surface area (Å²) in [7, 11) is -3.67. The number of halogens is 3. The summed E-state index contributed by atoms with van der Waals surface area (Å²) in [5.74, 6) is 0.937. The maximum atomic E-state index is 13.3. The van der Waals surface area contributed by atoms with Crippen molar-refractivity contribution in [3.8, 4) is 0 Å². The lowest BCUT2D eigenvalue weighted by Crippen LogP contribution is -2.44. The highest BCUT2D eigenvalue weighted by molar-refractivity contribution is 7.85. The van der Waals surface area contributed by atoms with E-state index in [1.54, 1.807) is 24.4 Å². The molecule has 0 radical (unpaired) electrons. The molecule has 2 N–H and O–H groups in total. The van der Waals surface area contributed by atoms with Crippen molar-refractivity contribution in [1.82, 2.24) is 15.0 Å². The molecule has 1 atom stereocenters. The summed E-state index contributed by atoms with van der Waals surface area (Å²) in [4.78, 5) is 15.5. The number of hydrogen-bond acceptors (Lipinski definition) is 8. The number of benzene rings is 1. The number of fused-ring (bicyclic) bond motifs is 1. The second-order valence-corrected chi connectivity index (χ2v) is 9.07. The number of rotatable bonds is 4. The highest BCUT2D eigenvalue weighted by Gasteiger charge is 2.32. The van der Waals surface area contributed by atoms with Crippen LogP contribution < -0.4 is 10.2 Å². The fourth-order valence-corrected chi connectivity index (χ4v) is 3.37. The number of anilines is 2. The molecule has 34 heavy (non-hydrogen) atoms. The van der Waals surface area contributed by atoms with Gasteiger partial charge in [0.2, 0.25) is 5.95 Å². The Bertz CT molecular complexity index is 1230. The van der Waals surface area contributed by atoms with Crippen LogP contribution in [0.4, 0.5) is 24.9 Å². The van der Waals surface area contributed by atoms with Crippen LogP contribution in [-0.4, -0.2) is 60.0 Å². The van der Waals surface area contributed by atoms with Gasteiger partial charge in [-0.3, -0.25) is 4.55 Å². The Balaban J connectivity index is 0.000000588. The van der Waals surface area contributed by atoms with Gasteiger partial charge in [-0.15, -0.1) is 0 Å². The first-order valence-electron chi connectivity index (χ1n) is 10.2. The third kappa shape index (κ3) is 6.98. The molecule has 0 unspecified atom stereocenters. The molecule has 0 bridgehead atoms. The van der Waals surface area contributed by atoms with Crippen molar-refractivity contribution in [3.63, 3.8) is 0 Å². The van der Waals surface area contributed by atoms with Gasteiger partial charge in [0.1, 0.15) is 5.82 Å². The van der Waals surface area contributed by atoms with Crippen LogP contribution in [0, 0.1) is 0 Å². The number of nitrogens with zero attached hydrogens (tertiary/aromatic N) is 4. The molecule has 0 amide bonds. The Morgan fingerprint density at radius 3 is 2.59 bits per heavy atom. The molecule has 2 aromatic heterocycles. The molecule has 1 aliphatic heterocycles. The van der Waals surface area contributed by atoms with Gasteiger partial charge in [-0.05, 0) is 30.7 Å². The normalized spacial score (nSPS) is 16.6. The summed E-state index contributed by atoms with van der Waals surface area (Å²) in [5.41, 5.74) is -0.0225. The van der Waals surface area contributed by atoms with Crippen LogP contribution in [0.5, 0.6) is 0 Å². The van der Waals surface area contributed by atoms with E-state index in [1.165, 1.54) is 12.1 Å². The van der Waals surface area contributed by atoms with Crippen molar-refractivity contribution in [3.05, 3.63) is 53.7 Å². The Hall–Kier alpha value is -3.03. The molecule has 13 heteroatoms. The third-order valence-electron chi connectivity index (χ3n) is 4.85. The van der Waals surface area contributed by atoms with E-state index in [0.717, 1.165) is 6.07 Å². The quantitative estimate of drug-likeness (QED) is 0.521. The first-order valence-corrected chi connectivity index (χ1v) is 12.1. The van der Waals surface area contributed by atoms with Gasteiger partial charge in [-0.1, -0.05) is 18.2 Å². The second-order valence-electron chi connectivity index (χ2n) is 7.61. The van der Waals surface area contributed by atoms with E-state index < -0.39 is 21.9 Å². The Morgan fingerprint density at radius 2 is 1.91 bits per heavy atom. The second kappa shape index (κ2) is 10.5. The topological polar surface area (TPSA) is 118 Å². The molecule has 3 aromatic rings. The fraction of sp³-hybridized carbons (Fsp3) is 0.381. The molecule has 1 fully saturated rings. The van der Waals surface area contributed by atoms with Gasteiger partial charge in [0.05, 0.1) is 36.5 Å². The lowest BCUT2D eigenvalue weighted by molar-refractivity contribution is -0.138. The van der Waals surface area contributed by atoms with Gasteiger partial charge in [0, 0.05) is 19.3 Å². The van der Waals surface area contributed by atoms with Crippen molar-refractivity contribution in [1.29, 1.82) is 0 Å². The number of ether oxygens (including phenoxy) is 1. The number of hydrogen-bond donors (Lipinski definition) is 2. The van der Waals surface area contributed by atoms with Crippen molar-refractivity contribution in [2.75, 3.05) is 36.2 Å². The Labute approximate surface area is 194 Å². The largest absolute Gasteiger partial charge is 0.416 e. The lowest BCUT2D eigenvalue weighted by Gasteiger charge is -2.33. The van der Waals surface area contributed by atoms with Gasteiger partial charge in [0.25, 0.3) is 10.1 Å². The van der Waals surface area contributed by atoms with Crippen LogP contribution in [0.2, 0.25) is 0 Å². The van der Waals surface area contributed by atoms with Crippen molar-refractivity contribution in [2.24, 2.45) is 0 Å². The molecular formula is C21H24F3N5O4S. The van der Waals surface area contributed by atoms with E-state index in [9.17, 15) is 21.6 Å². The average Bonchev–Trinajstić information content (AvgIpc) is 2.76. The lowest BCUT2D eigenvalue weighted by atomic mass is 10.1. The van der Waals surface area contributed by atoms with Crippen molar-refractivity contribution >= 4 is 32.9 Å². The zero-order valence-corrected chi connectivity index (χ0v) is 19.3. The Morgan fingerprint density at radius 1 is 1.21 bits per heavy atom. The van der Waals surface area contributed by atoms with Crippen LogP contribution in [-0.2, 0) is 27.6 Å². The first kappa shape index (κ1) is 25.6. The predicted molar refractivity (Wildman–Crippen MR) is 121 cm³/mol. The molecule has 9 nitrogen and oxygen atoms in total. The van der Waals surface area contributed by atoms with Crippen LogP contribution in [0.3, 0.4) is 0 Å². The zero-order chi connectivity index (χ0) is 24.9. The number of pyridine rings is 1. The summed E-state index contributed by atoms with van der Waals surface area (Å²) < 4.78 is 71.2. The van der Waals surface area contributed by atoms with Gasteiger partial charge >= 0.3 is 6.18 Å². The molecule has 4 rings (SSSR count). The predicted octanol–water partition coefficient (Wildman–Crippen LogP) is 3.38. The van der Waals surface area contributed by atoms with E-state index >= 15 is 0 Å². The minimum atomic E-state index is -4.41. The molecule has 1 aromatic carbocycles. The number of nitrogens with one attached hydrogen (secondary N) is 1. The first-order chi connectivity index (χ1) is 15.9. The maximum Gasteiger partial charge on any atom is 0.416 e. The summed E-state index contributed by atoms with van der Waals surface area (Å²) in [6.45, 7) is 3.75. The van der Waals surface area contributed by atoms with E-state index in [0.29, 0.717) is 48.8 Å². The van der Waals surface area contributed by atoms with Crippen LogP contribution in [0.15, 0.2) is 42.6 Å². The standard InChI is InChI=1S/C20H20F3N5O.CH4O3S/c1-13-12-29-10-9-28(13)19-26-17-15(6-4-8-24-17)18(27-19)25-11-14-5-2-3-7-16(14)20(21,22)23;1-5(2,3)4/h2-8,13H,9-12H2,1H3,(H,24,25,26,27);1H3,(H,2,3,4)/t13-;/m0./s1. The summed E-state index contributed by atoms with van der Waals surface area (Å²) in [6.07, 6.45) is -2.07. The molecule has 3 heterocycles. The SMILES string of the molecule is CS(=O)(=O)O.C[C@H]1COCCN1c1nc(NCc2ccccc2C(F)(F)F)c2cccnc2n1. The van der Waals surface area contributed by atoms with Crippen LogP contribution >= 0.6 is 0 Å². The highest BCUT2D eigenvalue weighted by atomic mass is 32.2. The molecule has 1 aliphatic rings. The summed E-state index contributed by atoms with van der Waals surface area (Å²) >= 11 is 0. The van der Waals surface area contributed by atoms with E-state index in [4.69, 9.17) is 9.29 Å². The van der Waals surface area contributed by atoms with Gasteiger partial charge in [0.15, 0.2) is 5.65 Å². The number of morpholine rings is 1. The molecule has 1 saturated heterocycles. The maximum absolute atomic E-state index is 13.3. The molecule has 0 saturated carbocycles. The fourth-order valence-electron chi connectivity index (χ4n) is 3.37. The van der Waals surface area contributed by atoms with E-state index in [2.05, 4.69) is 20.3 Å². The van der Waals surface area contributed by atoms with Gasteiger partial charge < -0.3 is 15.0 Å². The molecule has 184 valence electrons. The zero-order valence-electron chi connectivity index (χ0n) is 18.5. The third-order valence-corrected chi connectivity index (χ3v) is 4.85. The molecule has 0 spiro atoms. The van der Waals surface area contributed by atoms with Gasteiger partial charge in [-0.25, -0.2) is 4.98 Å². The average molecular weight is 500 g/mol. The molecule has 0 aliphatic carbocycles. The van der Waals surface area contributed by atoms with Gasteiger partial charge in [-0.2, -0.15) is 31.6 Å². The summed E-state index contributed by atoms with van der Waals surface area (Å²) in [5, 5.41) is 3.72. The Kier molecular flexibility index (Phi) is 7.89. The summed E-state index contributed by atoms with van der Waals surface area (Å²) in [6, 6.07) is 9.15. The number of aromatic nitrogens is 3. The smallest absolute Gasteiger partial charge is 0.377 e. The van der Waals surface area contributed by atoms with Crippen molar-refractivity contribution < 1.29 is 30.9 Å². The van der Waals surface area contributed by atoms with Crippen molar-refractivity contribution in [2.45, 2.75) is 25.7 Å².